The third-order valence-electron chi connectivity index (χ3n) is 1.84. The summed E-state index contributed by atoms with van der Waals surface area (Å²) in [7, 11) is -3.56. The zero-order chi connectivity index (χ0) is 13.7. The fraction of sp³-hybridized carbons (Fsp3) is 0.818. The summed E-state index contributed by atoms with van der Waals surface area (Å²) in [4.78, 5) is 0. The van der Waals surface area contributed by atoms with E-state index in [0.717, 1.165) is 0 Å². The highest BCUT2D eigenvalue weighted by molar-refractivity contribution is 7.94. The van der Waals surface area contributed by atoms with Crippen LogP contribution in [0.15, 0.2) is 11.1 Å². The molecule has 0 aliphatic carbocycles. The zero-order valence-corrected chi connectivity index (χ0v) is 11.6. The van der Waals surface area contributed by atoms with E-state index in [4.69, 9.17) is 0 Å². The molecule has 0 atom stereocenters. The van der Waals surface area contributed by atoms with Gasteiger partial charge in [0.05, 0.1) is 16.9 Å². The summed E-state index contributed by atoms with van der Waals surface area (Å²) in [6, 6.07) is 0. The number of allylic oxidation sites excluding steroid dienone is 1. The molecule has 102 valence electrons. The van der Waals surface area contributed by atoms with Gasteiger partial charge in [0.2, 0.25) is 0 Å². The molecule has 0 aromatic heterocycles. The minimum atomic E-state index is -3.56. The normalized spacial score (nSPS) is 14.2. The van der Waals surface area contributed by atoms with Gasteiger partial charge in [-0.1, -0.05) is 13.3 Å². The Morgan fingerprint density at radius 3 is 2.24 bits per heavy atom. The monoisotopic (exact) mass is 269 g/mol. The summed E-state index contributed by atoms with van der Waals surface area (Å²) in [6.07, 6.45) is -1.63. The highest BCUT2D eigenvalue weighted by atomic mass is 32.2. The Morgan fingerprint density at radius 2 is 1.88 bits per heavy atom. The van der Waals surface area contributed by atoms with Crippen molar-refractivity contribution in [2.45, 2.75) is 52.5 Å². The third kappa shape index (κ3) is 8.12. The average molecular weight is 269 g/mol. The summed E-state index contributed by atoms with van der Waals surface area (Å²) in [5.41, 5.74) is -1.13. The summed E-state index contributed by atoms with van der Waals surface area (Å²) in [5.74, 6) is -0.0917. The van der Waals surface area contributed by atoms with Crippen LogP contribution in [0.1, 0.15) is 40.5 Å². The molecule has 1 N–H and O–H groups in total. The summed E-state index contributed by atoms with van der Waals surface area (Å²) >= 11 is 0. The van der Waals surface area contributed by atoms with Crippen LogP contribution in [0.3, 0.4) is 0 Å². The topological polar surface area (TPSA) is 46.2 Å². The molecule has 0 aromatic rings. The van der Waals surface area contributed by atoms with E-state index in [1.807, 2.05) is 6.92 Å². The van der Waals surface area contributed by atoms with Gasteiger partial charge in [-0.2, -0.15) is 0 Å². The van der Waals surface area contributed by atoms with E-state index in [2.05, 4.69) is 5.32 Å². The van der Waals surface area contributed by atoms with Crippen molar-refractivity contribution in [3.05, 3.63) is 11.1 Å². The van der Waals surface area contributed by atoms with Gasteiger partial charge in [-0.15, -0.1) is 0 Å². The molecular formula is C11H21F2NO2S. The molecule has 0 saturated heterocycles. The number of hydrogen-bond acceptors (Lipinski definition) is 3. The maximum atomic E-state index is 12.7. The first-order valence-electron chi connectivity index (χ1n) is 5.58. The highest BCUT2D eigenvalue weighted by Crippen LogP contribution is 2.13. The first-order chi connectivity index (χ1) is 7.57. The van der Waals surface area contributed by atoms with Crippen molar-refractivity contribution in [2.75, 3.05) is 5.75 Å². The molecule has 0 amide bonds. The van der Waals surface area contributed by atoms with Crippen LogP contribution < -0.4 is 5.32 Å². The van der Waals surface area contributed by atoms with Crippen molar-refractivity contribution in [3.63, 3.8) is 0 Å². The van der Waals surface area contributed by atoms with Gasteiger partial charge in [0.15, 0.2) is 9.84 Å². The molecule has 3 nitrogen and oxygen atoms in total. The van der Waals surface area contributed by atoms with Crippen molar-refractivity contribution in [1.82, 2.24) is 5.32 Å². The maximum absolute atomic E-state index is 12.7. The van der Waals surface area contributed by atoms with Crippen molar-refractivity contribution in [1.29, 1.82) is 0 Å². The number of hydrogen-bond donors (Lipinski definition) is 1. The molecule has 0 unspecified atom stereocenters. The Morgan fingerprint density at radius 1 is 1.35 bits per heavy atom. The standard InChI is InChI=1S/C11H21F2NO2S/c1-5-6-7-17(15,16)8-9(10(12)13)14-11(2,3)4/h8,10,14H,5-7H2,1-4H3. The van der Waals surface area contributed by atoms with E-state index in [1.165, 1.54) is 0 Å². The van der Waals surface area contributed by atoms with Gasteiger partial charge in [0, 0.05) is 5.54 Å². The second kappa shape index (κ2) is 6.33. The van der Waals surface area contributed by atoms with Crippen molar-refractivity contribution < 1.29 is 17.2 Å². The largest absolute Gasteiger partial charge is 0.379 e. The number of nitrogens with one attached hydrogen (secondary N) is 1. The maximum Gasteiger partial charge on any atom is 0.278 e. The molecule has 0 bridgehead atoms. The summed E-state index contributed by atoms with van der Waals surface area (Å²) in [5, 5.41) is 3.19. The first kappa shape index (κ1) is 16.4. The molecule has 0 rings (SSSR count). The van der Waals surface area contributed by atoms with E-state index in [9.17, 15) is 17.2 Å². The van der Waals surface area contributed by atoms with Crippen LogP contribution in [0, 0.1) is 0 Å². The SMILES string of the molecule is CCCCS(=O)(=O)C=C(NC(C)(C)C)C(F)F. The van der Waals surface area contributed by atoms with Crippen LogP contribution in [0.2, 0.25) is 0 Å². The van der Waals surface area contributed by atoms with Gasteiger partial charge in [-0.05, 0) is 27.2 Å². The van der Waals surface area contributed by atoms with Crippen LogP contribution in [0.5, 0.6) is 0 Å². The molecule has 0 aliphatic heterocycles. The summed E-state index contributed by atoms with van der Waals surface area (Å²) < 4.78 is 48.5. The van der Waals surface area contributed by atoms with E-state index < -0.39 is 27.5 Å². The highest BCUT2D eigenvalue weighted by Gasteiger charge is 2.21. The lowest BCUT2D eigenvalue weighted by Gasteiger charge is -2.23. The fourth-order valence-corrected chi connectivity index (χ4v) is 2.52. The van der Waals surface area contributed by atoms with Crippen molar-refractivity contribution in [2.24, 2.45) is 0 Å². The Labute approximate surface area is 102 Å². The minimum absolute atomic E-state index is 0.0917. The Kier molecular flexibility index (Phi) is 6.09. The summed E-state index contributed by atoms with van der Waals surface area (Å²) in [6.45, 7) is 6.94. The van der Waals surface area contributed by atoms with Gasteiger partial charge >= 0.3 is 0 Å². The average Bonchev–Trinajstić information content (AvgIpc) is 2.11. The number of rotatable bonds is 6. The van der Waals surface area contributed by atoms with Crippen LogP contribution in [0.4, 0.5) is 8.78 Å². The van der Waals surface area contributed by atoms with Gasteiger partial charge < -0.3 is 5.32 Å². The molecule has 0 aromatic carbocycles. The van der Waals surface area contributed by atoms with Crippen LogP contribution in [-0.2, 0) is 9.84 Å². The van der Waals surface area contributed by atoms with Gasteiger partial charge in [-0.3, -0.25) is 0 Å². The fourth-order valence-electron chi connectivity index (χ4n) is 1.17. The lowest BCUT2D eigenvalue weighted by Crippen LogP contribution is -2.37. The van der Waals surface area contributed by atoms with E-state index in [1.54, 1.807) is 20.8 Å². The zero-order valence-electron chi connectivity index (χ0n) is 10.8. The molecule has 0 aliphatic rings. The van der Waals surface area contributed by atoms with Gasteiger partial charge in [-0.25, -0.2) is 17.2 Å². The Hall–Kier alpha value is -0.650. The molecule has 0 radical (unpaired) electrons. The molecular weight excluding hydrogens is 248 g/mol. The molecule has 0 saturated carbocycles. The predicted molar refractivity (Wildman–Crippen MR) is 65.7 cm³/mol. The number of alkyl halides is 2. The number of sulfone groups is 1. The first-order valence-corrected chi connectivity index (χ1v) is 7.29. The molecule has 0 fully saturated rings. The second-order valence-electron chi connectivity index (χ2n) is 4.97. The van der Waals surface area contributed by atoms with Crippen LogP contribution >= 0.6 is 0 Å². The Balaban J connectivity index is 4.94. The van der Waals surface area contributed by atoms with E-state index in [-0.39, 0.29) is 5.75 Å². The van der Waals surface area contributed by atoms with Crippen LogP contribution in [-0.4, -0.2) is 26.1 Å². The smallest absolute Gasteiger partial charge is 0.278 e. The minimum Gasteiger partial charge on any atom is -0.379 e. The lowest BCUT2D eigenvalue weighted by molar-refractivity contribution is 0.172. The Bertz CT molecular complexity index is 356. The second-order valence-corrected chi connectivity index (χ2v) is 6.94. The van der Waals surface area contributed by atoms with E-state index in [0.29, 0.717) is 18.2 Å². The molecule has 0 heterocycles. The van der Waals surface area contributed by atoms with Crippen molar-refractivity contribution in [3.8, 4) is 0 Å². The third-order valence-corrected chi connectivity index (χ3v) is 3.31. The number of halogens is 2. The lowest BCUT2D eigenvalue weighted by atomic mass is 10.1. The van der Waals surface area contributed by atoms with Gasteiger partial charge in [0.25, 0.3) is 6.43 Å². The molecule has 0 spiro atoms. The number of unbranched alkanes of at least 4 members (excludes halogenated alkanes) is 1. The predicted octanol–water partition coefficient (Wildman–Crippen LogP) is 2.70. The van der Waals surface area contributed by atoms with Gasteiger partial charge in [0.1, 0.15) is 0 Å². The van der Waals surface area contributed by atoms with Crippen LogP contribution in [0.25, 0.3) is 0 Å². The van der Waals surface area contributed by atoms with E-state index >= 15 is 0 Å². The van der Waals surface area contributed by atoms with Crippen molar-refractivity contribution >= 4 is 9.84 Å². The molecule has 17 heavy (non-hydrogen) atoms. The quantitative estimate of drug-likeness (QED) is 0.806. The molecule has 6 heteroatoms.